The number of hydrogen-bond donors (Lipinski definition) is 1. The molecule has 38 heavy (non-hydrogen) atoms. The molecule has 0 spiro atoms. The van der Waals surface area contributed by atoms with Crippen molar-refractivity contribution >= 4 is 17.4 Å². The molecule has 2 aromatic carbocycles. The number of aliphatic hydroxyl groups excluding tert-OH is 1. The molecule has 8 nitrogen and oxygen atoms in total. The molecule has 1 amide bonds. The van der Waals surface area contributed by atoms with Gasteiger partial charge in [-0.1, -0.05) is 32.1 Å². The van der Waals surface area contributed by atoms with Crippen LogP contribution in [0.2, 0.25) is 0 Å². The molecule has 1 heterocycles. The average molecular weight is 523 g/mol. The van der Waals surface area contributed by atoms with Gasteiger partial charge in [-0.3, -0.25) is 9.59 Å². The fourth-order valence-corrected chi connectivity index (χ4v) is 4.33. The largest absolute Gasteiger partial charge is 0.507 e. The summed E-state index contributed by atoms with van der Waals surface area (Å²) in [7, 11) is 5.32. The first kappa shape index (κ1) is 28.8. The number of ketones is 1. The van der Waals surface area contributed by atoms with Crippen LogP contribution in [0.15, 0.2) is 54.6 Å². The van der Waals surface area contributed by atoms with Crippen LogP contribution in [0.5, 0.6) is 17.2 Å². The standard InChI is InChI=1S/C30H38N2O6/c1-7-9-17-38-23-12-11-22(18-20(23)3)28(33)26-27(32(15-14-31(4)5)30(35)29(26)34)21-10-13-24(37-16-8-2)25(19-21)36-6/h8,10-13,18-19,27,33H,2,7,9,14-17H2,1,3-6H3/b28-26+. The van der Waals surface area contributed by atoms with Gasteiger partial charge in [-0.05, 0) is 68.9 Å². The van der Waals surface area contributed by atoms with E-state index < -0.39 is 17.7 Å². The molecule has 0 radical (unpaired) electrons. The van der Waals surface area contributed by atoms with Gasteiger partial charge < -0.3 is 29.1 Å². The van der Waals surface area contributed by atoms with E-state index in [1.54, 1.807) is 42.5 Å². The molecule has 1 unspecified atom stereocenters. The highest BCUT2D eigenvalue weighted by atomic mass is 16.5. The third-order valence-electron chi connectivity index (χ3n) is 6.39. The van der Waals surface area contributed by atoms with Crippen LogP contribution in [0.4, 0.5) is 0 Å². The molecule has 2 aromatic rings. The maximum Gasteiger partial charge on any atom is 0.295 e. The lowest BCUT2D eigenvalue weighted by Gasteiger charge is -2.27. The Morgan fingerprint density at radius 3 is 2.47 bits per heavy atom. The van der Waals surface area contributed by atoms with E-state index in [9.17, 15) is 14.7 Å². The molecule has 1 N–H and O–H groups in total. The number of nitrogens with zero attached hydrogens (tertiary/aromatic N) is 2. The Labute approximate surface area is 225 Å². The second-order valence-corrected chi connectivity index (χ2v) is 9.49. The molecule has 1 aliphatic rings. The van der Waals surface area contributed by atoms with Crippen molar-refractivity contribution < 1.29 is 28.9 Å². The fourth-order valence-electron chi connectivity index (χ4n) is 4.33. The van der Waals surface area contributed by atoms with Crippen molar-refractivity contribution in [2.75, 3.05) is 47.5 Å². The quantitative estimate of drug-likeness (QED) is 0.134. The zero-order valence-electron chi connectivity index (χ0n) is 23.0. The van der Waals surface area contributed by atoms with Crippen molar-refractivity contribution in [1.82, 2.24) is 9.80 Å². The first-order valence-electron chi connectivity index (χ1n) is 12.8. The molecule has 3 rings (SSSR count). The zero-order valence-corrected chi connectivity index (χ0v) is 23.0. The topological polar surface area (TPSA) is 88.5 Å². The van der Waals surface area contributed by atoms with Crippen LogP contribution in [-0.2, 0) is 9.59 Å². The Morgan fingerprint density at radius 2 is 1.84 bits per heavy atom. The highest BCUT2D eigenvalue weighted by molar-refractivity contribution is 6.46. The number of carbonyl (C=O) groups is 2. The van der Waals surface area contributed by atoms with E-state index in [-0.39, 0.29) is 11.3 Å². The number of ether oxygens (including phenoxy) is 3. The summed E-state index contributed by atoms with van der Waals surface area (Å²) >= 11 is 0. The van der Waals surface area contributed by atoms with Crippen LogP contribution in [0.1, 0.15) is 42.5 Å². The second-order valence-electron chi connectivity index (χ2n) is 9.49. The van der Waals surface area contributed by atoms with Gasteiger partial charge in [0.15, 0.2) is 11.5 Å². The molecule has 1 aliphatic heterocycles. The van der Waals surface area contributed by atoms with Gasteiger partial charge in [-0.15, -0.1) is 0 Å². The van der Waals surface area contributed by atoms with Gasteiger partial charge in [0.1, 0.15) is 18.1 Å². The smallest absolute Gasteiger partial charge is 0.295 e. The van der Waals surface area contributed by atoms with Gasteiger partial charge in [0.2, 0.25) is 0 Å². The van der Waals surface area contributed by atoms with Crippen molar-refractivity contribution in [2.24, 2.45) is 0 Å². The summed E-state index contributed by atoms with van der Waals surface area (Å²) in [6.45, 7) is 9.41. The molecule has 1 atom stereocenters. The van der Waals surface area contributed by atoms with Crippen LogP contribution in [-0.4, -0.2) is 74.1 Å². The normalized spacial score (nSPS) is 16.7. The third kappa shape index (κ3) is 6.37. The fraction of sp³-hybridized carbons (Fsp3) is 0.400. The second kappa shape index (κ2) is 13.1. The zero-order chi connectivity index (χ0) is 27.8. The molecule has 0 aromatic heterocycles. The SMILES string of the molecule is C=CCOc1ccc(C2/C(=C(\O)c3ccc(OCCCC)c(C)c3)C(=O)C(=O)N2CCN(C)C)cc1OC. The number of methoxy groups -OCH3 is 1. The highest BCUT2D eigenvalue weighted by Gasteiger charge is 2.46. The average Bonchev–Trinajstić information content (AvgIpc) is 3.16. The van der Waals surface area contributed by atoms with Crippen molar-refractivity contribution in [3.8, 4) is 17.2 Å². The first-order chi connectivity index (χ1) is 18.2. The molecule has 204 valence electrons. The number of likely N-dealkylation sites (N-methyl/N-ethyl adjacent to an activating group) is 1. The van der Waals surface area contributed by atoms with E-state index in [0.29, 0.717) is 48.9 Å². The van der Waals surface area contributed by atoms with Crippen molar-refractivity contribution in [3.63, 3.8) is 0 Å². The molecule has 0 saturated carbocycles. The van der Waals surface area contributed by atoms with Crippen molar-refractivity contribution in [2.45, 2.75) is 32.7 Å². The minimum absolute atomic E-state index is 0.0367. The monoisotopic (exact) mass is 522 g/mol. The number of amides is 1. The number of likely N-dealkylation sites (tertiary alicyclic amines) is 1. The molecule has 8 heteroatoms. The summed E-state index contributed by atoms with van der Waals surface area (Å²) in [4.78, 5) is 30.0. The van der Waals surface area contributed by atoms with E-state index >= 15 is 0 Å². The Morgan fingerprint density at radius 1 is 1.11 bits per heavy atom. The molecule has 1 saturated heterocycles. The van der Waals surface area contributed by atoms with E-state index in [4.69, 9.17) is 14.2 Å². The van der Waals surface area contributed by atoms with Crippen LogP contribution < -0.4 is 14.2 Å². The van der Waals surface area contributed by atoms with Gasteiger partial charge >= 0.3 is 0 Å². The summed E-state index contributed by atoms with van der Waals surface area (Å²) in [6, 6.07) is 9.72. The number of aliphatic hydroxyl groups is 1. The van der Waals surface area contributed by atoms with E-state index in [1.165, 1.54) is 12.0 Å². The lowest BCUT2D eigenvalue weighted by Crippen LogP contribution is -2.35. The predicted octanol–water partition coefficient (Wildman–Crippen LogP) is 4.73. The Bertz CT molecular complexity index is 1200. The van der Waals surface area contributed by atoms with E-state index in [0.717, 1.165) is 24.2 Å². The molecular weight excluding hydrogens is 484 g/mol. The number of rotatable bonds is 13. The summed E-state index contributed by atoms with van der Waals surface area (Å²) in [5.74, 6) is 0.0778. The third-order valence-corrected chi connectivity index (χ3v) is 6.39. The number of benzene rings is 2. The van der Waals surface area contributed by atoms with Gasteiger partial charge in [-0.25, -0.2) is 0 Å². The van der Waals surface area contributed by atoms with Crippen LogP contribution in [0.3, 0.4) is 0 Å². The van der Waals surface area contributed by atoms with Gasteiger partial charge in [0, 0.05) is 18.7 Å². The summed E-state index contributed by atoms with van der Waals surface area (Å²) < 4.78 is 17.0. The minimum Gasteiger partial charge on any atom is -0.507 e. The summed E-state index contributed by atoms with van der Waals surface area (Å²) in [6.07, 6.45) is 3.60. The van der Waals surface area contributed by atoms with Crippen molar-refractivity contribution in [3.05, 3.63) is 71.3 Å². The summed E-state index contributed by atoms with van der Waals surface area (Å²) in [5.41, 5.74) is 1.94. The van der Waals surface area contributed by atoms with Gasteiger partial charge in [-0.2, -0.15) is 0 Å². The maximum atomic E-state index is 13.3. The Balaban J connectivity index is 2.10. The molecule has 0 bridgehead atoms. The Kier molecular flexibility index (Phi) is 9.96. The van der Waals surface area contributed by atoms with Crippen LogP contribution >= 0.6 is 0 Å². The van der Waals surface area contributed by atoms with Gasteiger partial charge in [0.05, 0.1) is 25.3 Å². The lowest BCUT2D eigenvalue weighted by molar-refractivity contribution is -0.140. The van der Waals surface area contributed by atoms with E-state index in [1.807, 2.05) is 25.9 Å². The molecular formula is C30H38N2O6. The number of Topliss-reactive ketones (excluding diaryl/α,β-unsaturated/α-hetero) is 1. The molecule has 0 aliphatic carbocycles. The van der Waals surface area contributed by atoms with Crippen LogP contribution in [0.25, 0.3) is 5.76 Å². The highest BCUT2D eigenvalue weighted by Crippen LogP contribution is 2.42. The van der Waals surface area contributed by atoms with Crippen LogP contribution in [0, 0.1) is 6.92 Å². The van der Waals surface area contributed by atoms with E-state index in [2.05, 4.69) is 13.5 Å². The molecule has 1 fully saturated rings. The summed E-state index contributed by atoms with van der Waals surface area (Å²) in [5, 5.41) is 11.4. The number of aryl methyl sites for hydroxylation is 1. The predicted molar refractivity (Wildman–Crippen MR) is 148 cm³/mol. The maximum absolute atomic E-state index is 13.3. The van der Waals surface area contributed by atoms with Gasteiger partial charge in [0.25, 0.3) is 11.7 Å². The number of hydrogen-bond acceptors (Lipinski definition) is 7. The Hall–Kier alpha value is -3.78. The number of unbranched alkanes of at least 4 members (excludes halogenated alkanes) is 1. The number of carbonyl (C=O) groups excluding carboxylic acids is 2. The minimum atomic E-state index is -0.793. The first-order valence-corrected chi connectivity index (χ1v) is 12.8. The lowest BCUT2D eigenvalue weighted by atomic mass is 9.94. The van der Waals surface area contributed by atoms with Crippen molar-refractivity contribution in [1.29, 1.82) is 0 Å².